The molecule has 2 unspecified atom stereocenters. The average Bonchev–Trinajstić information content (AvgIpc) is 2.65. The van der Waals surface area contributed by atoms with Gasteiger partial charge in [0.1, 0.15) is 0 Å². The van der Waals surface area contributed by atoms with E-state index in [-0.39, 0.29) is 11.3 Å². The molecule has 2 aliphatic rings. The zero-order valence-corrected chi connectivity index (χ0v) is 17.1. The average molecular weight is 366 g/mol. The summed E-state index contributed by atoms with van der Waals surface area (Å²) in [5.74, 6) is 0.693. The van der Waals surface area contributed by atoms with Crippen LogP contribution in [-0.2, 0) is 22.0 Å². The van der Waals surface area contributed by atoms with Crippen LogP contribution in [0, 0.1) is 5.92 Å². The predicted octanol–water partition coefficient (Wildman–Crippen LogP) is 4.28. The van der Waals surface area contributed by atoms with Crippen LogP contribution in [0.25, 0.3) is 0 Å². The van der Waals surface area contributed by atoms with Crippen LogP contribution in [0.4, 0.5) is 0 Å². The first-order valence-electron chi connectivity index (χ1n) is 9.32. The summed E-state index contributed by atoms with van der Waals surface area (Å²) < 4.78 is 29.1. The van der Waals surface area contributed by atoms with Crippen molar-refractivity contribution in [1.82, 2.24) is 4.72 Å². The summed E-state index contributed by atoms with van der Waals surface area (Å²) in [4.78, 5) is 0. The second kappa shape index (κ2) is 6.58. The van der Waals surface area contributed by atoms with E-state index in [1.807, 2.05) is 0 Å². The van der Waals surface area contributed by atoms with Gasteiger partial charge in [0, 0.05) is 8.07 Å². The number of benzene rings is 1. The Kier molecular flexibility index (Phi) is 4.97. The monoisotopic (exact) mass is 365 g/mol. The molecule has 0 spiro atoms. The van der Waals surface area contributed by atoms with Crippen LogP contribution in [-0.4, -0.2) is 22.2 Å². The van der Waals surface area contributed by atoms with Crippen LogP contribution in [0.2, 0.25) is 25.7 Å². The smallest absolute Gasteiger partial charge is 0.212 e. The molecule has 134 valence electrons. The molecule has 3 rings (SSSR count). The van der Waals surface area contributed by atoms with Crippen LogP contribution in [0.15, 0.2) is 24.3 Å². The fourth-order valence-corrected chi connectivity index (χ4v) is 8.97. The van der Waals surface area contributed by atoms with Gasteiger partial charge in [0.2, 0.25) is 10.0 Å². The summed E-state index contributed by atoms with van der Waals surface area (Å²) in [7, 11) is -4.62. The normalized spacial score (nSPS) is 27.4. The molecule has 0 heterocycles. The summed E-state index contributed by atoms with van der Waals surface area (Å²) in [5, 5.41) is 0. The van der Waals surface area contributed by atoms with Gasteiger partial charge in [-0.15, -0.1) is 0 Å². The van der Waals surface area contributed by atoms with E-state index < -0.39 is 18.1 Å². The number of nitrogens with one attached hydrogen (secondary N) is 1. The lowest BCUT2D eigenvalue weighted by Crippen LogP contribution is -2.49. The Morgan fingerprint density at radius 1 is 1.17 bits per heavy atom. The van der Waals surface area contributed by atoms with Crippen molar-refractivity contribution in [3.05, 3.63) is 35.4 Å². The Morgan fingerprint density at radius 2 is 1.92 bits per heavy atom. The fourth-order valence-electron chi connectivity index (χ4n) is 4.41. The van der Waals surface area contributed by atoms with Crippen molar-refractivity contribution < 1.29 is 8.42 Å². The maximum atomic E-state index is 12.9. The van der Waals surface area contributed by atoms with Crippen molar-refractivity contribution in [2.75, 3.05) is 5.75 Å². The van der Waals surface area contributed by atoms with Gasteiger partial charge < -0.3 is 0 Å². The van der Waals surface area contributed by atoms with E-state index in [1.165, 1.54) is 24.0 Å². The molecule has 1 N–H and O–H groups in total. The predicted molar refractivity (Wildman–Crippen MR) is 103 cm³/mol. The SMILES string of the molecule is C[Si](C)(C)CCS(=O)(=O)NC12CCCCCC1Cc1ccccc12. The summed E-state index contributed by atoms with van der Waals surface area (Å²) >= 11 is 0. The van der Waals surface area contributed by atoms with E-state index in [4.69, 9.17) is 0 Å². The molecule has 1 aromatic rings. The number of sulfonamides is 1. The second-order valence-corrected chi connectivity index (χ2v) is 16.3. The van der Waals surface area contributed by atoms with Crippen LogP contribution < -0.4 is 4.72 Å². The van der Waals surface area contributed by atoms with Gasteiger partial charge in [-0.2, -0.15) is 0 Å². The molecular formula is C19H31NO2SSi. The molecule has 0 radical (unpaired) electrons. The highest BCUT2D eigenvalue weighted by Crippen LogP contribution is 2.49. The van der Waals surface area contributed by atoms with E-state index in [9.17, 15) is 8.42 Å². The lowest BCUT2D eigenvalue weighted by atomic mass is 9.81. The number of hydrogen-bond donors (Lipinski definition) is 1. The van der Waals surface area contributed by atoms with Crippen molar-refractivity contribution in [3.63, 3.8) is 0 Å². The molecule has 5 heteroatoms. The molecule has 1 fully saturated rings. The summed E-state index contributed by atoms with van der Waals surface area (Å²) in [5.41, 5.74) is 2.23. The van der Waals surface area contributed by atoms with E-state index in [0.29, 0.717) is 5.92 Å². The molecule has 0 aromatic heterocycles. The van der Waals surface area contributed by atoms with Crippen LogP contribution in [0.3, 0.4) is 0 Å². The Balaban J connectivity index is 1.92. The number of rotatable bonds is 5. The maximum absolute atomic E-state index is 12.9. The van der Waals surface area contributed by atoms with Gasteiger partial charge in [0.25, 0.3) is 0 Å². The summed E-state index contributed by atoms with van der Waals surface area (Å²) in [6.45, 7) is 6.71. The Hall–Kier alpha value is -0.653. The molecule has 1 saturated carbocycles. The molecule has 3 nitrogen and oxygen atoms in total. The molecule has 1 aromatic carbocycles. The van der Waals surface area contributed by atoms with Gasteiger partial charge >= 0.3 is 0 Å². The van der Waals surface area contributed by atoms with Gasteiger partial charge in [0.05, 0.1) is 11.3 Å². The van der Waals surface area contributed by atoms with Crippen molar-refractivity contribution in [1.29, 1.82) is 0 Å². The highest BCUT2D eigenvalue weighted by Gasteiger charge is 2.48. The Morgan fingerprint density at radius 3 is 2.67 bits per heavy atom. The van der Waals surface area contributed by atoms with Crippen LogP contribution in [0.1, 0.15) is 43.2 Å². The van der Waals surface area contributed by atoms with E-state index in [2.05, 4.69) is 48.6 Å². The van der Waals surface area contributed by atoms with Crippen LogP contribution in [0.5, 0.6) is 0 Å². The number of hydrogen-bond acceptors (Lipinski definition) is 2. The second-order valence-electron chi connectivity index (χ2n) is 8.86. The zero-order valence-electron chi connectivity index (χ0n) is 15.3. The van der Waals surface area contributed by atoms with Gasteiger partial charge in [0.15, 0.2) is 0 Å². The summed E-state index contributed by atoms with van der Waals surface area (Å²) in [6.07, 6.45) is 6.65. The third kappa shape index (κ3) is 3.78. The van der Waals surface area contributed by atoms with E-state index in [0.717, 1.165) is 31.7 Å². The van der Waals surface area contributed by atoms with Crippen molar-refractivity contribution in [2.45, 2.75) is 69.7 Å². The molecule has 0 saturated heterocycles. The Bertz CT molecular complexity index is 696. The van der Waals surface area contributed by atoms with Crippen LogP contribution >= 0.6 is 0 Å². The molecule has 0 bridgehead atoms. The van der Waals surface area contributed by atoms with E-state index >= 15 is 0 Å². The molecular weight excluding hydrogens is 334 g/mol. The zero-order chi connectivity index (χ0) is 17.4. The molecule has 2 atom stereocenters. The van der Waals surface area contributed by atoms with Crippen molar-refractivity contribution in [2.24, 2.45) is 5.92 Å². The minimum Gasteiger partial charge on any atom is -0.212 e. The minimum absolute atomic E-state index is 0.277. The van der Waals surface area contributed by atoms with Gasteiger partial charge in [-0.1, -0.05) is 63.2 Å². The first-order valence-corrected chi connectivity index (χ1v) is 14.7. The number of fused-ring (bicyclic) bond motifs is 3. The fraction of sp³-hybridized carbons (Fsp3) is 0.684. The highest BCUT2D eigenvalue weighted by atomic mass is 32.2. The summed E-state index contributed by atoms with van der Waals surface area (Å²) in [6, 6.07) is 9.30. The molecule has 0 amide bonds. The minimum atomic E-state index is -3.25. The first kappa shape index (κ1) is 18.1. The van der Waals surface area contributed by atoms with E-state index in [1.54, 1.807) is 0 Å². The van der Waals surface area contributed by atoms with Gasteiger partial charge in [-0.3, -0.25) is 0 Å². The molecule has 0 aliphatic heterocycles. The maximum Gasteiger partial charge on any atom is 0.212 e. The molecule has 2 aliphatic carbocycles. The largest absolute Gasteiger partial charge is 0.212 e. The Labute approximate surface area is 148 Å². The quantitative estimate of drug-likeness (QED) is 0.792. The topological polar surface area (TPSA) is 46.2 Å². The third-order valence-corrected chi connectivity index (χ3v) is 9.27. The van der Waals surface area contributed by atoms with Crippen molar-refractivity contribution >= 4 is 18.1 Å². The molecule has 24 heavy (non-hydrogen) atoms. The van der Waals surface area contributed by atoms with Crippen molar-refractivity contribution in [3.8, 4) is 0 Å². The highest BCUT2D eigenvalue weighted by molar-refractivity contribution is 7.89. The lowest BCUT2D eigenvalue weighted by Gasteiger charge is -2.36. The third-order valence-electron chi connectivity index (χ3n) is 5.74. The first-order chi connectivity index (χ1) is 11.2. The standard InChI is InChI=1S/C19H31NO2SSi/c1-24(2,3)14-13-23(21,22)20-19-12-8-4-5-10-17(19)15-16-9-6-7-11-18(16)19/h6-7,9,11,17,20H,4-5,8,10,12-15H2,1-3H3. The van der Waals surface area contributed by atoms with Gasteiger partial charge in [-0.25, -0.2) is 13.1 Å². The lowest BCUT2D eigenvalue weighted by molar-refractivity contribution is 0.254. The van der Waals surface area contributed by atoms with Gasteiger partial charge in [-0.05, 0) is 42.4 Å².